The molecular weight excluding hydrogens is 314 g/mol. The molecule has 6 nitrogen and oxygen atoms in total. The molecule has 0 saturated heterocycles. The van der Waals surface area contributed by atoms with E-state index in [1.54, 1.807) is 10.9 Å². The lowest BCUT2D eigenvalue weighted by atomic mass is 9.89. The van der Waals surface area contributed by atoms with E-state index in [-0.39, 0.29) is 5.56 Å². The summed E-state index contributed by atoms with van der Waals surface area (Å²) >= 11 is 0. The minimum atomic E-state index is -3.63. The summed E-state index contributed by atoms with van der Waals surface area (Å²) in [5.74, 6) is -0.671. The molecule has 0 aliphatic rings. The lowest BCUT2D eigenvalue weighted by molar-refractivity contribution is 0.0979. The van der Waals surface area contributed by atoms with Gasteiger partial charge in [0.05, 0.1) is 23.2 Å². The third kappa shape index (κ3) is 4.19. The maximum absolute atomic E-state index is 12.3. The zero-order valence-corrected chi connectivity index (χ0v) is 14.7. The van der Waals surface area contributed by atoms with Crippen LogP contribution in [0.15, 0.2) is 30.5 Å². The van der Waals surface area contributed by atoms with E-state index >= 15 is 0 Å². The van der Waals surface area contributed by atoms with Crippen molar-refractivity contribution in [3.63, 3.8) is 0 Å². The van der Waals surface area contributed by atoms with Crippen LogP contribution < -0.4 is 4.72 Å². The van der Waals surface area contributed by atoms with Gasteiger partial charge in [0.15, 0.2) is 0 Å². The van der Waals surface area contributed by atoms with Crippen LogP contribution in [0.5, 0.6) is 0 Å². The maximum Gasteiger partial charge on any atom is 0.268 e. The topological polar surface area (TPSA) is 81.1 Å². The Morgan fingerprint density at radius 2 is 1.74 bits per heavy atom. The van der Waals surface area contributed by atoms with Crippen molar-refractivity contribution >= 4 is 15.9 Å². The number of nitrogens with zero attached hydrogens (tertiary/aromatic N) is 2. The molecule has 1 N–H and O–H groups in total. The Morgan fingerprint density at radius 1 is 1.17 bits per heavy atom. The summed E-state index contributed by atoms with van der Waals surface area (Å²) in [5.41, 5.74) is 2.31. The van der Waals surface area contributed by atoms with Gasteiger partial charge < -0.3 is 0 Å². The molecule has 23 heavy (non-hydrogen) atoms. The van der Waals surface area contributed by atoms with Gasteiger partial charge in [-0.2, -0.15) is 5.10 Å². The van der Waals surface area contributed by atoms with Crippen LogP contribution in [-0.2, 0) is 15.4 Å². The largest absolute Gasteiger partial charge is 0.268 e. The molecule has 0 saturated carbocycles. The Labute approximate surface area is 136 Å². The zero-order valence-electron chi connectivity index (χ0n) is 13.9. The van der Waals surface area contributed by atoms with Crippen LogP contribution in [0.3, 0.4) is 0 Å². The molecule has 0 fully saturated rings. The van der Waals surface area contributed by atoms with Gasteiger partial charge in [-0.3, -0.25) is 4.79 Å². The van der Waals surface area contributed by atoms with Crippen molar-refractivity contribution in [3.8, 4) is 5.69 Å². The van der Waals surface area contributed by atoms with Crippen LogP contribution in [0.25, 0.3) is 5.69 Å². The zero-order chi connectivity index (χ0) is 17.4. The first-order valence-electron chi connectivity index (χ1n) is 7.17. The Balaban J connectivity index is 2.53. The summed E-state index contributed by atoms with van der Waals surface area (Å²) in [5, 5.41) is 4.49. The highest BCUT2D eigenvalue weighted by Crippen LogP contribution is 2.25. The van der Waals surface area contributed by atoms with Gasteiger partial charge in [0, 0.05) is 11.6 Å². The second-order valence-corrected chi connectivity index (χ2v) is 8.37. The molecule has 2 rings (SSSR count). The molecule has 0 aliphatic heterocycles. The second kappa shape index (κ2) is 5.81. The fraction of sp³-hybridized carbons (Fsp3) is 0.375. The number of carbonyl (C=O) groups excluding carboxylic acids is 1. The molecule has 124 valence electrons. The van der Waals surface area contributed by atoms with Gasteiger partial charge in [-0.1, -0.05) is 38.5 Å². The van der Waals surface area contributed by atoms with Crippen molar-refractivity contribution in [1.82, 2.24) is 14.5 Å². The summed E-state index contributed by atoms with van der Waals surface area (Å²) in [6.07, 6.45) is 2.51. The average Bonchev–Trinajstić information content (AvgIpc) is 2.82. The van der Waals surface area contributed by atoms with E-state index in [4.69, 9.17) is 0 Å². The number of hydrogen-bond donors (Lipinski definition) is 1. The number of aromatic nitrogens is 2. The molecule has 0 unspecified atom stereocenters. The second-order valence-electron chi connectivity index (χ2n) is 6.62. The Kier molecular flexibility index (Phi) is 4.34. The Morgan fingerprint density at radius 3 is 2.22 bits per heavy atom. The van der Waals surface area contributed by atoms with Crippen LogP contribution in [0.1, 0.15) is 42.4 Å². The lowest BCUT2D eigenvalue weighted by Crippen LogP contribution is -2.31. The van der Waals surface area contributed by atoms with Gasteiger partial charge in [-0.15, -0.1) is 0 Å². The van der Waals surface area contributed by atoms with Crippen LogP contribution in [0.2, 0.25) is 0 Å². The van der Waals surface area contributed by atoms with Crippen molar-refractivity contribution in [2.75, 3.05) is 6.26 Å². The molecule has 1 heterocycles. The van der Waals surface area contributed by atoms with Crippen LogP contribution in [0.4, 0.5) is 0 Å². The molecule has 0 radical (unpaired) electrons. The predicted octanol–water partition coefficient (Wildman–Crippen LogP) is 2.17. The van der Waals surface area contributed by atoms with Gasteiger partial charge in [-0.05, 0) is 19.1 Å². The first-order chi connectivity index (χ1) is 10.5. The van der Waals surface area contributed by atoms with Crippen molar-refractivity contribution in [3.05, 3.63) is 47.3 Å². The number of nitrogens with one attached hydrogen (secondary N) is 1. The van der Waals surface area contributed by atoms with Gasteiger partial charge in [0.25, 0.3) is 5.91 Å². The summed E-state index contributed by atoms with van der Waals surface area (Å²) in [4.78, 5) is 12.3. The van der Waals surface area contributed by atoms with E-state index in [9.17, 15) is 13.2 Å². The normalized spacial score (nSPS) is 12.2. The smallest absolute Gasteiger partial charge is 0.268 e. The highest BCUT2D eigenvalue weighted by Gasteiger charge is 2.27. The lowest BCUT2D eigenvalue weighted by Gasteiger charge is -2.17. The summed E-state index contributed by atoms with van der Waals surface area (Å²) in [6.45, 7) is 7.75. The monoisotopic (exact) mass is 335 g/mol. The van der Waals surface area contributed by atoms with E-state index in [1.807, 2.05) is 56.7 Å². The first-order valence-corrected chi connectivity index (χ1v) is 9.06. The summed E-state index contributed by atoms with van der Waals surface area (Å²) < 4.78 is 26.3. The maximum atomic E-state index is 12.3. The third-order valence-corrected chi connectivity index (χ3v) is 3.80. The van der Waals surface area contributed by atoms with E-state index in [0.717, 1.165) is 17.5 Å². The number of sulfonamides is 1. The Hall–Kier alpha value is -2.15. The molecule has 0 atom stereocenters. The SMILES string of the molecule is Cc1ccc(-n2cc(C(=O)NS(C)(=O)=O)c(C(C)(C)C)n2)cc1. The van der Waals surface area contributed by atoms with Crippen molar-refractivity contribution in [2.24, 2.45) is 0 Å². The fourth-order valence-corrected chi connectivity index (χ4v) is 2.59. The number of benzene rings is 1. The summed E-state index contributed by atoms with van der Waals surface area (Å²) in [6, 6.07) is 7.69. The first kappa shape index (κ1) is 17.2. The highest BCUT2D eigenvalue weighted by atomic mass is 32.2. The molecule has 1 aromatic heterocycles. The number of hydrogen-bond acceptors (Lipinski definition) is 4. The van der Waals surface area contributed by atoms with Crippen molar-refractivity contribution in [2.45, 2.75) is 33.1 Å². The quantitative estimate of drug-likeness (QED) is 0.932. The number of rotatable bonds is 3. The van der Waals surface area contributed by atoms with E-state index < -0.39 is 21.3 Å². The number of carbonyl (C=O) groups is 1. The molecular formula is C16H21N3O3S. The highest BCUT2D eigenvalue weighted by molar-refractivity contribution is 7.89. The van der Waals surface area contributed by atoms with E-state index in [0.29, 0.717) is 5.69 Å². The average molecular weight is 335 g/mol. The standard InChI is InChI=1S/C16H21N3O3S/c1-11-6-8-12(9-7-11)19-10-13(14(17-19)16(2,3)4)15(20)18-23(5,21)22/h6-10H,1-5H3,(H,18,20). The van der Waals surface area contributed by atoms with Crippen LogP contribution in [-0.4, -0.2) is 30.4 Å². The van der Waals surface area contributed by atoms with Gasteiger partial charge in [0.2, 0.25) is 10.0 Å². The molecule has 1 aromatic carbocycles. The van der Waals surface area contributed by atoms with E-state index in [2.05, 4.69) is 5.10 Å². The van der Waals surface area contributed by atoms with Crippen molar-refractivity contribution < 1.29 is 13.2 Å². The molecule has 1 amide bonds. The van der Waals surface area contributed by atoms with Gasteiger partial charge in [0.1, 0.15) is 0 Å². The third-order valence-electron chi connectivity index (χ3n) is 3.25. The Bertz CT molecular complexity index is 828. The van der Waals surface area contributed by atoms with Crippen molar-refractivity contribution in [1.29, 1.82) is 0 Å². The minimum absolute atomic E-state index is 0.253. The minimum Gasteiger partial charge on any atom is -0.268 e. The van der Waals surface area contributed by atoms with Crippen LogP contribution >= 0.6 is 0 Å². The molecule has 7 heteroatoms. The number of amides is 1. The molecule has 0 aliphatic carbocycles. The molecule has 0 bridgehead atoms. The van der Waals surface area contributed by atoms with E-state index in [1.165, 1.54) is 0 Å². The fourth-order valence-electron chi connectivity index (χ4n) is 2.15. The van der Waals surface area contributed by atoms with Crippen LogP contribution in [0, 0.1) is 6.92 Å². The molecule has 0 spiro atoms. The number of aryl methyl sites for hydroxylation is 1. The summed E-state index contributed by atoms with van der Waals surface area (Å²) in [7, 11) is -3.63. The predicted molar refractivity (Wildman–Crippen MR) is 89.3 cm³/mol. The molecule has 2 aromatic rings. The van der Waals surface area contributed by atoms with Gasteiger partial charge in [-0.25, -0.2) is 17.8 Å². The van der Waals surface area contributed by atoms with Gasteiger partial charge >= 0.3 is 0 Å².